The second-order valence-corrected chi connectivity index (χ2v) is 9.90. The molecule has 0 aliphatic rings. The average molecular weight is 477 g/mol. The van der Waals surface area contributed by atoms with Gasteiger partial charge in [-0.3, -0.25) is 4.79 Å². The van der Waals surface area contributed by atoms with Crippen LogP contribution in [0.3, 0.4) is 0 Å². The van der Waals surface area contributed by atoms with Gasteiger partial charge in [0.25, 0.3) is 5.91 Å². The molecule has 0 atom stereocenters. The molecule has 0 aliphatic heterocycles. The van der Waals surface area contributed by atoms with E-state index >= 15 is 0 Å². The zero-order valence-corrected chi connectivity index (χ0v) is 20.8. The molecular weight excluding hydrogens is 448 g/mol. The first-order chi connectivity index (χ1) is 17.2. The number of nitrogen functional groups attached to an aromatic ring is 1. The van der Waals surface area contributed by atoms with Gasteiger partial charge in [-0.25, -0.2) is 9.97 Å². The molecule has 0 fully saturated rings. The van der Waals surface area contributed by atoms with E-state index in [1.807, 2.05) is 67.6 Å². The van der Waals surface area contributed by atoms with E-state index in [1.165, 1.54) is 10.2 Å². The van der Waals surface area contributed by atoms with Crippen molar-refractivity contribution in [3.63, 3.8) is 0 Å². The molecular formula is C29H28N6O. The minimum absolute atomic E-state index is 0.0624. The molecule has 0 unspecified atom stereocenters. The van der Waals surface area contributed by atoms with Gasteiger partial charge in [-0.15, -0.1) is 0 Å². The van der Waals surface area contributed by atoms with E-state index in [1.54, 1.807) is 6.21 Å². The maximum atomic E-state index is 13.4. The molecule has 0 bridgehead atoms. The zero-order chi connectivity index (χ0) is 25.4. The van der Waals surface area contributed by atoms with E-state index in [0.717, 1.165) is 11.1 Å². The minimum Gasteiger partial charge on any atom is -0.383 e. The molecule has 0 spiro atoms. The van der Waals surface area contributed by atoms with Crippen LogP contribution in [0.25, 0.3) is 22.2 Å². The Morgan fingerprint density at radius 1 is 0.972 bits per heavy atom. The number of aryl methyl sites for hydroxylation is 1. The first-order valence-corrected chi connectivity index (χ1v) is 11.8. The van der Waals surface area contributed by atoms with Crippen LogP contribution in [0.1, 0.15) is 47.8 Å². The molecule has 1 amide bonds. The number of carbonyl (C=O) groups is 1. The van der Waals surface area contributed by atoms with Crippen molar-refractivity contribution in [3.05, 3.63) is 95.1 Å². The molecule has 3 aromatic carbocycles. The van der Waals surface area contributed by atoms with Gasteiger partial charge in [0.05, 0.1) is 17.2 Å². The third-order valence-corrected chi connectivity index (χ3v) is 6.08. The molecule has 36 heavy (non-hydrogen) atoms. The van der Waals surface area contributed by atoms with Crippen molar-refractivity contribution in [3.8, 4) is 0 Å². The summed E-state index contributed by atoms with van der Waals surface area (Å²) in [6.07, 6.45) is 1.71. The summed E-state index contributed by atoms with van der Waals surface area (Å²) in [7, 11) is 0. The number of fused-ring (bicyclic) bond motifs is 2. The summed E-state index contributed by atoms with van der Waals surface area (Å²) >= 11 is 0. The van der Waals surface area contributed by atoms with Crippen LogP contribution < -0.4 is 11.1 Å². The SMILES string of the molecule is Cc1cccc(NC(=O)c2c(N)n(/N=C/c3ccc(C(C)(C)C)cc3)c3nc4ccccc4nc23)c1. The smallest absolute Gasteiger partial charge is 0.261 e. The van der Waals surface area contributed by atoms with Crippen molar-refractivity contribution in [2.45, 2.75) is 33.1 Å². The number of para-hydroxylation sites is 2. The van der Waals surface area contributed by atoms with E-state index in [-0.39, 0.29) is 22.7 Å². The highest BCUT2D eigenvalue weighted by atomic mass is 16.1. The Morgan fingerprint density at radius 3 is 2.33 bits per heavy atom. The Labute approximate surface area is 209 Å². The van der Waals surface area contributed by atoms with Crippen molar-refractivity contribution in [1.82, 2.24) is 14.6 Å². The van der Waals surface area contributed by atoms with Gasteiger partial charge in [-0.2, -0.15) is 9.78 Å². The average Bonchev–Trinajstić information content (AvgIpc) is 3.11. The number of rotatable bonds is 4. The van der Waals surface area contributed by atoms with Gasteiger partial charge in [-0.05, 0) is 53.3 Å². The van der Waals surface area contributed by atoms with E-state index in [0.29, 0.717) is 27.9 Å². The number of anilines is 2. The van der Waals surface area contributed by atoms with Crippen molar-refractivity contribution >= 4 is 45.8 Å². The Kier molecular flexibility index (Phi) is 5.76. The molecule has 180 valence electrons. The Balaban J connectivity index is 1.61. The number of aromatic nitrogens is 3. The van der Waals surface area contributed by atoms with E-state index < -0.39 is 0 Å². The van der Waals surface area contributed by atoms with Gasteiger partial charge >= 0.3 is 0 Å². The van der Waals surface area contributed by atoms with Crippen LogP contribution in [-0.4, -0.2) is 26.8 Å². The number of hydrogen-bond acceptors (Lipinski definition) is 5. The fourth-order valence-electron chi connectivity index (χ4n) is 4.10. The molecule has 5 rings (SSSR count). The molecule has 3 N–H and O–H groups in total. The fourth-order valence-corrected chi connectivity index (χ4v) is 4.10. The van der Waals surface area contributed by atoms with Gasteiger partial charge in [0.1, 0.15) is 16.9 Å². The number of nitrogens with zero attached hydrogens (tertiary/aromatic N) is 4. The van der Waals surface area contributed by atoms with Gasteiger partial charge in [0, 0.05) is 5.69 Å². The van der Waals surface area contributed by atoms with Gasteiger partial charge in [0.2, 0.25) is 0 Å². The normalized spacial score (nSPS) is 12.0. The Bertz CT molecular complexity index is 1620. The maximum absolute atomic E-state index is 13.4. The fraction of sp³-hybridized carbons (Fsp3) is 0.172. The minimum atomic E-state index is -0.365. The van der Waals surface area contributed by atoms with Crippen LogP contribution >= 0.6 is 0 Å². The van der Waals surface area contributed by atoms with Crippen LogP contribution in [0.2, 0.25) is 0 Å². The van der Waals surface area contributed by atoms with Crippen LogP contribution in [-0.2, 0) is 5.41 Å². The molecule has 2 heterocycles. The Hall–Kier alpha value is -4.52. The number of amides is 1. The lowest BCUT2D eigenvalue weighted by Gasteiger charge is -2.18. The molecule has 7 nitrogen and oxygen atoms in total. The third-order valence-electron chi connectivity index (χ3n) is 6.08. The van der Waals surface area contributed by atoms with E-state index in [4.69, 9.17) is 15.7 Å². The highest BCUT2D eigenvalue weighted by Gasteiger charge is 2.24. The number of nitrogens with two attached hydrogens (primary N) is 1. The van der Waals surface area contributed by atoms with Crippen LogP contribution in [0.15, 0.2) is 77.9 Å². The van der Waals surface area contributed by atoms with Crippen LogP contribution in [0.5, 0.6) is 0 Å². The van der Waals surface area contributed by atoms with Crippen molar-refractivity contribution < 1.29 is 4.79 Å². The summed E-state index contributed by atoms with van der Waals surface area (Å²) in [6, 6.07) is 23.3. The monoisotopic (exact) mass is 476 g/mol. The summed E-state index contributed by atoms with van der Waals surface area (Å²) in [5, 5.41) is 7.55. The lowest BCUT2D eigenvalue weighted by Crippen LogP contribution is -2.14. The van der Waals surface area contributed by atoms with E-state index in [2.05, 4.69) is 43.3 Å². The highest BCUT2D eigenvalue weighted by Crippen LogP contribution is 2.29. The summed E-state index contributed by atoms with van der Waals surface area (Å²) < 4.78 is 1.48. The highest BCUT2D eigenvalue weighted by molar-refractivity contribution is 6.16. The maximum Gasteiger partial charge on any atom is 0.261 e. The number of carbonyl (C=O) groups excluding carboxylic acids is 1. The summed E-state index contributed by atoms with van der Waals surface area (Å²) in [5.74, 6) is -0.191. The topological polar surface area (TPSA) is 98.2 Å². The predicted molar refractivity (Wildman–Crippen MR) is 147 cm³/mol. The molecule has 5 aromatic rings. The van der Waals surface area contributed by atoms with Gasteiger partial charge in [0.15, 0.2) is 5.65 Å². The molecule has 2 aromatic heterocycles. The Morgan fingerprint density at radius 2 is 1.67 bits per heavy atom. The van der Waals surface area contributed by atoms with Crippen LogP contribution in [0.4, 0.5) is 11.5 Å². The second kappa shape index (κ2) is 8.92. The number of benzene rings is 3. The molecule has 0 radical (unpaired) electrons. The molecule has 0 saturated heterocycles. The first-order valence-electron chi connectivity index (χ1n) is 11.8. The summed E-state index contributed by atoms with van der Waals surface area (Å²) in [6.45, 7) is 8.50. The van der Waals surface area contributed by atoms with Gasteiger partial charge < -0.3 is 11.1 Å². The quantitative estimate of drug-likeness (QED) is 0.315. The van der Waals surface area contributed by atoms with Crippen molar-refractivity contribution in [1.29, 1.82) is 0 Å². The van der Waals surface area contributed by atoms with Crippen molar-refractivity contribution in [2.75, 3.05) is 11.1 Å². The molecule has 7 heteroatoms. The number of nitrogens with one attached hydrogen (secondary N) is 1. The first kappa shape index (κ1) is 23.2. The second-order valence-electron chi connectivity index (χ2n) is 9.90. The van der Waals surface area contributed by atoms with E-state index in [9.17, 15) is 4.79 Å². The molecule has 0 aliphatic carbocycles. The summed E-state index contributed by atoms with van der Waals surface area (Å²) in [4.78, 5) is 22.9. The predicted octanol–water partition coefficient (Wildman–Crippen LogP) is 5.91. The van der Waals surface area contributed by atoms with Crippen LogP contribution in [0, 0.1) is 6.92 Å². The summed E-state index contributed by atoms with van der Waals surface area (Å²) in [5.41, 5.74) is 12.9. The lowest BCUT2D eigenvalue weighted by atomic mass is 9.87. The lowest BCUT2D eigenvalue weighted by molar-refractivity contribution is 0.102. The van der Waals surface area contributed by atoms with Gasteiger partial charge in [-0.1, -0.05) is 69.3 Å². The number of hydrogen-bond donors (Lipinski definition) is 2. The standard InChI is InChI=1S/C29H28N6O/c1-18-8-7-9-21(16-18)32-28(36)24-25-27(34-23-11-6-5-10-22(23)33-25)35(26(24)30)31-17-19-12-14-20(15-13-19)29(2,3)4/h5-17H,30H2,1-4H3,(H,32,36)/b31-17+. The third kappa shape index (κ3) is 4.43. The molecule has 0 saturated carbocycles. The zero-order valence-electron chi connectivity index (χ0n) is 20.8. The largest absolute Gasteiger partial charge is 0.383 e. The van der Waals surface area contributed by atoms with Crippen molar-refractivity contribution in [2.24, 2.45) is 5.10 Å².